The molecule has 1 aromatic carbocycles. The lowest BCUT2D eigenvalue weighted by Crippen LogP contribution is -2.00. The number of nitro benzene ring substituents is 1. The average molecular weight is 337 g/mol. The third-order valence-corrected chi connectivity index (χ3v) is 3.35. The number of hydrogen-bond acceptors (Lipinski definition) is 4. The molecule has 0 bridgehead atoms. The average Bonchev–Trinajstić information content (AvgIpc) is 2.44. The van der Waals surface area contributed by atoms with Gasteiger partial charge in [-0.05, 0) is 30.2 Å². The van der Waals surface area contributed by atoms with Gasteiger partial charge in [0.05, 0.1) is 4.92 Å². The van der Waals surface area contributed by atoms with Gasteiger partial charge in [-0.1, -0.05) is 22.0 Å². The third-order valence-electron chi connectivity index (χ3n) is 2.70. The lowest BCUT2D eigenvalue weighted by molar-refractivity contribution is -0.386. The lowest BCUT2D eigenvalue weighted by atomic mass is 10.2. The van der Waals surface area contributed by atoms with Gasteiger partial charge in [-0.3, -0.25) is 15.1 Å². The van der Waals surface area contributed by atoms with Crippen LogP contribution in [0, 0.1) is 17.0 Å². The van der Waals surface area contributed by atoms with Crippen LogP contribution < -0.4 is 4.74 Å². The molecule has 0 atom stereocenters. The van der Waals surface area contributed by atoms with Gasteiger partial charge in [-0.15, -0.1) is 0 Å². The molecule has 2 rings (SSSR count). The molecule has 0 spiro atoms. The monoisotopic (exact) mass is 336 g/mol. The van der Waals surface area contributed by atoms with Gasteiger partial charge < -0.3 is 4.74 Å². The Bertz CT molecular complexity index is 632. The maximum absolute atomic E-state index is 11.0. The second-order valence-corrected chi connectivity index (χ2v) is 4.91. The number of ether oxygens (including phenoxy) is 1. The van der Waals surface area contributed by atoms with Gasteiger partial charge in [0, 0.05) is 29.4 Å². The number of pyridine rings is 1. The zero-order chi connectivity index (χ0) is 14.5. The van der Waals surface area contributed by atoms with Crippen molar-refractivity contribution in [2.75, 3.05) is 0 Å². The minimum absolute atomic E-state index is 0.0321. The van der Waals surface area contributed by atoms with Gasteiger partial charge in [0.2, 0.25) is 0 Å². The van der Waals surface area contributed by atoms with E-state index in [0.717, 1.165) is 16.7 Å². The number of hydrogen-bond donors (Lipinski definition) is 0. The Labute approximate surface area is 124 Å². The van der Waals surface area contributed by atoms with Crippen LogP contribution in [0.3, 0.4) is 0 Å². The molecular formula is C14H13BrN2O3. The van der Waals surface area contributed by atoms with E-state index in [1.807, 2.05) is 13.0 Å². The molecule has 0 radical (unpaired) electrons. The van der Waals surface area contributed by atoms with E-state index in [2.05, 4.69) is 20.9 Å². The van der Waals surface area contributed by atoms with Gasteiger partial charge in [-0.2, -0.15) is 0 Å². The van der Waals surface area contributed by atoms with Gasteiger partial charge in [0.1, 0.15) is 6.61 Å². The van der Waals surface area contributed by atoms with E-state index in [4.69, 9.17) is 4.74 Å². The second kappa shape index (κ2) is 6.47. The summed E-state index contributed by atoms with van der Waals surface area (Å²) in [5, 5.41) is 11.6. The predicted octanol–water partition coefficient (Wildman–Crippen LogP) is 3.77. The van der Waals surface area contributed by atoms with Crippen LogP contribution in [0.25, 0.3) is 0 Å². The lowest BCUT2D eigenvalue weighted by Gasteiger charge is -2.08. The number of nitro groups is 1. The third kappa shape index (κ3) is 3.54. The highest BCUT2D eigenvalue weighted by atomic mass is 79.9. The van der Waals surface area contributed by atoms with Gasteiger partial charge in [0.25, 0.3) is 0 Å². The fourth-order valence-electron chi connectivity index (χ4n) is 1.77. The van der Waals surface area contributed by atoms with E-state index in [0.29, 0.717) is 5.33 Å². The Balaban J connectivity index is 2.21. The van der Waals surface area contributed by atoms with Crippen molar-refractivity contribution in [1.82, 2.24) is 4.98 Å². The summed E-state index contributed by atoms with van der Waals surface area (Å²) in [6, 6.07) is 6.78. The van der Waals surface area contributed by atoms with E-state index in [1.165, 1.54) is 6.07 Å². The summed E-state index contributed by atoms with van der Waals surface area (Å²) in [6.07, 6.45) is 3.44. The molecule has 0 aliphatic rings. The molecule has 0 amide bonds. The van der Waals surface area contributed by atoms with Crippen LogP contribution in [0.15, 0.2) is 36.7 Å². The summed E-state index contributed by atoms with van der Waals surface area (Å²) in [7, 11) is 0. The van der Waals surface area contributed by atoms with Gasteiger partial charge >= 0.3 is 5.69 Å². The van der Waals surface area contributed by atoms with Crippen LogP contribution in [0.4, 0.5) is 5.69 Å². The molecule has 0 N–H and O–H groups in total. The highest BCUT2D eigenvalue weighted by Crippen LogP contribution is 2.29. The fraction of sp³-hybridized carbons (Fsp3) is 0.214. The molecule has 20 heavy (non-hydrogen) atoms. The molecule has 0 saturated carbocycles. The molecule has 0 aliphatic heterocycles. The number of halogens is 1. The summed E-state index contributed by atoms with van der Waals surface area (Å²) >= 11 is 3.32. The number of benzene rings is 1. The zero-order valence-corrected chi connectivity index (χ0v) is 12.5. The summed E-state index contributed by atoms with van der Waals surface area (Å²) in [6.45, 7) is 2.19. The van der Waals surface area contributed by atoms with Crippen molar-refractivity contribution >= 4 is 21.6 Å². The standard InChI is InChI=1S/C14H13BrN2O3/c1-10-4-12(8-16-7-10)9-20-14-5-11(6-15)2-3-13(14)17(18)19/h2-5,7-8H,6,9H2,1H3. The van der Waals surface area contributed by atoms with Crippen LogP contribution in [0.2, 0.25) is 0 Å². The van der Waals surface area contributed by atoms with Crippen molar-refractivity contribution in [3.8, 4) is 5.75 Å². The van der Waals surface area contributed by atoms with Crippen molar-refractivity contribution < 1.29 is 9.66 Å². The molecule has 0 saturated heterocycles. The molecule has 1 aromatic heterocycles. The normalized spacial score (nSPS) is 10.3. The first-order valence-corrected chi connectivity index (χ1v) is 7.09. The fourth-order valence-corrected chi connectivity index (χ4v) is 2.11. The van der Waals surface area contributed by atoms with Gasteiger partial charge in [0.15, 0.2) is 5.75 Å². The minimum Gasteiger partial charge on any atom is -0.482 e. The van der Waals surface area contributed by atoms with Crippen molar-refractivity contribution in [3.63, 3.8) is 0 Å². The summed E-state index contributed by atoms with van der Waals surface area (Å²) in [5.41, 5.74) is 2.79. The Hall–Kier alpha value is -1.95. The van der Waals surface area contributed by atoms with Crippen molar-refractivity contribution in [2.45, 2.75) is 18.9 Å². The topological polar surface area (TPSA) is 65.3 Å². The Morgan fingerprint density at radius 3 is 2.75 bits per heavy atom. The van der Waals surface area contributed by atoms with E-state index >= 15 is 0 Å². The van der Waals surface area contributed by atoms with Crippen LogP contribution in [-0.2, 0) is 11.9 Å². The van der Waals surface area contributed by atoms with E-state index in [-0.39, 0.29) is 18.0 Å². The van der Waals surface area contributed by atoms with Crippen LogP contribution >= 0.6 is 15.9 Å². The molecule has 0 unspecified atom stereocenters. The first kappa shape index (κ1) is 14.5. The maximum atomic E-state index is 11.0. The van der Waals surface area contributed by atoms with E-state index in [9.17, 15) is 10.1 Å². The SMILES string of the molecule is Cc1cncc(COc2cc(CBr)ccc2[N+](=O)[O-])c1. The molecule has 0 aliphatic carbocycles. The number of rotatable bonds is 5. The van der Waals surface area contributed by atoms with Crippen LogP contribution in [0.1, 0.15) is 16.7 Å². The van der Waals surface area contributed by atoms with Crippen molar-refractivity contribution in [3.05, 3.63) is 63.5 Å². The van der Waals surface area contributed by atoms with Crippen molar-refractivity contribution in [1.29, 1.82) is 0 Å². The molecule has 2 aromatic rings. The number of nitrogens with zero attached hydrogens (tertiary/aromatic N) is 2. The highest BCUT2D eigenvalue weighted by Gasteiger charge is 2.15. The quantitative estimate of drug-likeness (QED) is 0.473. The highest BCUT2D eigenvalue weighted by molar-refractivity contribution is 9.08. The molecule has 104 valence electrons. The smallest absolute Gasteiger partial charge is 0.310 e. The number of aromatic nitrogens is 1. The first-order valence-electron chi connectivity index (χ1n) is 5.97. The van der Waals surface area contributed by atoms with Gasteiger partial charge in [-0.25, -0.2) is 0 Å². The molecule has 5 nitrogen and oxygen atoms in total. The molecular weight excluding hydrogens is 324 g/mol. The zero-order valence-electron chi connectivity index (χ0n) is 10.9. The summed E-state index contributed by atoms with van der Waals surface area (Å²) in [5.74, 6) is 0.272. The van der Waals surface area contributed by atoms with Crippen molar-refractivity contribution in [2.24, 2.45) is 0 Å². The minimum atomic E-state index is -0.443. The molecule has 6 heteroatoms. The predicted molar refractivity (Wildman–Crippen MR) is 79.0 cm³/mol. The maximum Gasteiger partial charge on any atom is 0.310 e. The van der Waals surface area contributed by atoms with E-state index < -0.39 is 4.92 Å². The summed E-state index contributed by atoms with van der Waals surface area (Å²) in [4.78, 5) is 14.6. The first-order chi connectivity index (χ1) is 9.60. The Morgan fingerprint density at radius 2 is 2.10 bits per heavy atom. The number of alkyl halides is 1. The van der Waals surface area contributed by atoms with E-state index in [1.54, 1.807) is 24.5 Å². The van der Waals surface area contributed by atoms with Crippen LogP contribution in [-0.4, -0.2) is 9.91 Å². The molecule has 1 heterocycles. The summed E-state index contributed by atoms with van der Waals surface area (Å²) < 4.78 is 5.58. The number of aryl methyl sites for hydroxylation is 1. The Morgan fingerprint density at radius 1 is 1.30 bits per heavy atom. The largest absolute Gasteiger partial charge is 0.482 e. The molecule has 0 fully saturated rings. The second-order valence-electron chi connectivity index (χ2n) is 4.35. The van der Waals surface area contributed by atoms with Crippen LogP contribution in [0.5, 0.6) is 5.75 Å². The Kier molecular flexibility index (Phi) is 4.68.